The van der Waals surface area contributed by atoms with E-state index in [-0.39, 0.29) is 11.7 Å². The van der Waals surface area contributed by atoms with Crippen LogP contribution in [0.1, 0.15) is 22.7 Å². The number of hydrogen-bond acceptors (Lipinski definition) is 7. The number of rotatable bonds is 6. The monoisotopic (exact) mass is 259 g/mol. The van der Waals surface area contributed by atoms with Crippen molar-refractivity contribution in [1.82, 2.24) is 10.6 Å². The molecule has 0 aliphatic rings. The molecule has 1 rings (SSSR count). The number of methoxy groups -OCH3 is 1. The highest BCUT2D eigenvalue weighted by Gasteiger charge is 2.11. The molecule has 7 nitrogen and oxygen atoms in total. The zero-order valence-corrected chi connectivity index (χ0v) is 10.1. The number of thioether (sulfide) groups is 1. The van der Waals surface area contributed by atoms with Gasteiger partial charge in [0.1, 0.15) is 5.76 Å². The lowest BCUT2D eigenvalue weighted by atomic mass is 10.4. The number of nitrogens with one attached hydrogen (secondary N) is 1. The summed E-state index contributed by atoms with van der Waals surface area (Å²) in [6, 6.07) is 1.51. The lowest BCUT2D eigenvalue weighted by molar-refractivity contribution is -0.140. The average Bonchev–Trinajstić information content (AvgIpc) is 2.82. The molecule has 1 aromatic heterocycles. The molecule has 94 valence electrons. The number of hydrogen-bond donors (Lipinski definition) is 2. The first-order valence-electron chi connectivity index (χ1n) is 4.78. The van der Waals surface area contributed by atoms with Crippen LogP contribution in [0.4, 0.5) is 0 Å². The van der Waals surface area contributed by atoms with Crippen LogP contribution in [0.5, 0.6) is 0 Å². The van der Waals surface area contributed by atoms with Crippen molar-refractivity contribution in [3.05, 3.63) is 17.5 Å². The first kappa shape index (κ1) is 13.5. The number of amides is 1. The second-order valence-electron chi connectivity index (χ2n) is 3.03. The summed E-state index contributed by atoms with van der Waals surface area (Å²) in [5.74, 6) is 5.89. The predicted octanol–water partition coefficient (Wildman–Crippen LogP) is 0.0744. The van der Waals surface area contributed by atoms with Gasteiger partial charge in [-0.3, -0.25) is 15.0 Å². The normalized spacial score (nSPS) is 10.0. The van der Waals surface area contributed by atoms with E-state index >= 15 is 0 Å². The van der Waals surface area contributed by atoms with Gasteiger partial charge in [-0.25, -0.2) is 5.84 Å². The zero-order valence-electron chi connectivity index (χ0n) is 9.26. The fourth-order valence-electron chi connectivity index (χ4n) is 0.992. The molecule has 0 unspecified atom stereocenters. The van der Waals surface area contributed by atoms with Crippen LogP contribution >= 0.6 is 11.8 Å². The van der Waals surface area contributed by atoms with Crippen molar-refractivity contribution in [2.45, 2.75) is 12.2 Å². The Kier molecular flexibility index (Phi) is 5.50. The fourth-order valence-corrected chi connectivity index (χ4v) is 1.78. The second kappa shape index (κ2) is 6.92. The Balaban J connectivity index is 2.30. The van der Waals surface area contributed by atoms with Gasteiger partial charge in [0.2, 0.25) is 0 Å². The van der Waals surface area contributed by atoms with Gasteiger partial charge >= 0.3 is 5.97 Å². The summed E-state index contributed by atoms with van der Waals surface area (Å²) in [7, 11) is 1.35. The number of nitrogen functional groups attached to an aromatic ring is 1. The molecular formula is C9H13N3O4S. The van der Waals surface area contributed by atoms with Crippen molar-refractivity contribution in [2.24, 2.45) is 5.84 Å². The van der Waals surface area contributed by atoms with Crippen LogP contribution in [0.15, 0.2) is 10.6 Å². The van der Waals surface area contributed by atoms with Crippen LogP contribution in [0.2, 0.25) is 0 Å². The van der Waals surface area contributed by atoms with E-state index in [0.717, 1.165) is 0 Å². The molecule has 1 aromatic rings. The van der Waals surface area contributed by atoms with Crippen LogP contribution < -0.4 is 11.3 Å². The number of nitrogens with two attached hydrogens (primary N) is 1. The minimum absolute atomic E-state index is 0.135. The Hall–Kier alpha value is -1.54. The highest BCUT2D eigenvalue weighted by molar-refractivity contribution is 7.98. The van der Waals surface area contributed by atoms with E-state index in [1.54, 1.807) is 0 Å². The Bertz CT molecular complexity index is 393. The van der Waals surface area contributed by atoms with E-state index in [1.807, 2.05) is 5.43 Å². The molecule has 0 aliphatic heterocycles. The smallest absolute Gasteiger partial charge is 0.306 e. The Morgan fingerprint density at radius 3 is 3.06 bits per heavy atom. The molecular weight excluding hydrogens is 246 g/mol. The molecule has 0 fully saturated rings. The van der Waals surface area contributed by atoms with Gasteiger partial charge in [-0.05, 0) is 0 Å². The van der Waals surface area contributed by atoms with Gasteiger partial charge in [0, 0.05) is 11.8 Å². The average molecular weight is 259 g/mol. The quantitative estimate of drug-likeness (QED) is 0.245. The molecule has 0 bridgehead atoms. The third-order valence-corrected chi connectivity index (χ3v) is 2.83. The predicted molar refractivity (Wildman–Crippen MR) is 61.0 cm³/mol. The molecule has 0 saturated carbocycles. The topological polar surface area (TPSA) is 107 Å². The van der Waals surface area contributed by atoms with Crippen LogP contribution in [-0.2, 0) is 15.3 Å². The van der Waals surface area contributed by atoms with Gasteiger partial charge in [-0.2, -0.15) is 11.8 Å². The molecule has 0 spiro atoms. The van der Waals surface area contributed by atoms with E-state index in [0.29, 0.717) is 23.7 Å². The van der Waals surface area contributed by atoms with E-state index in [2.05, 4.69) is 9.89 Å². The van der Waals surface area contributed by atoms with Gasteiger partial charge < -0.3 is 9.26 Å². The molecule has 1 amide bonds. The summed E-state index contributed by atoms with van der Waals surface area (Å²) in [6.07, 6.45) is 0.339. The van der Waals surface area contributed by atoms with Crippen LogP contribution in [0.25, 0.3) is 0 Å². The van der Waals surface area contributed by atoms with Crippen LogP contribution in [0, 0.1) is 0 Å². The molecule has 1 heterocycles. The van der Waals surface area contributed by atoms with E-state index < -0.39 is 5.91 Å². The van der Waals surface area contributed by atoms with E-state index in [9.17, 15) is 9.59 Å². The van der Waals surface area contributed by atoms with E-state index in [1.165, 1.54) is 24.9 Å². The molecule has 8 heteroatoms. The molecule has 3 N–H and O–H groups in total. The number of nitrogens with zero attached hydrogens (tertiary/aromatic N) is 1. The standard InChI is InChI=1S/C9H13N3O4S/c1-15-8(13)2-3-17-5-6-4-7(12-16-6)9(14)11-10/h4H,2-3,5,10H2,1H3,(H,11,14). The van der Waals surface area contributed by atoms with Gasteiger partial charge in [-0.1, -0.05) is 5.16 Å². The Morgan fingerprint density at radius 2 is 2.41 bits per heavy atom. The first-order chi connectivity index (χ1) is 8.17. The fraction of sp³-hybridized carbons (Fsp3) is 0.444. The van der Waals surface area contributed by atoms with Gasteiger partial charge in [0.25, 0.3) is 5.91 Å². The Morgan fingerprint density at radius 1 is 1.65 bits per heavy atom. The highest BCUT2D eigenvalue weighted by atomic mass is 32.2. The molecule has 0 aromatic carbocycles. The third-order valence-electron chi connectivity index (χ3n) is 1.85. The largest absolute Gasteiger partial charge is 0.469 e. The first-order valence-corrected chi connectivity index (χ1v) is 5.94. The number of carbonyl (C=O) groups is 2. The molecule has 0 saturated heterocycles. The number of carbonyl (C=O) groups excluding carboxylic acids is 2. The van der Waals surface area contributed by atoms with Crippen molar-refractivity contribution in [1.29, 1.82) is 0 Å². The van der Waals surface area contributed by atoms with Crippen molar-refractivity contribution in [3.63, 3.8) is 0 Å². The number of hydrazine groups is 1. The van der Waals surface area contributed by atoms with Crippen molar-refractivity contribution in [3.8, 4) is 0 Å². The van der Waals surface area contributed by atoms with Crippen LogP contribution in [-0.4, -0.2) is 29.9 Å². The summed E-state index contributed by atoms with van der Waals surface area (Å²) in [6.45, 7) is 0. The van der Waals surface area contributed by atoms with Crippen molar-refractivity contribution >= 4 is 23.6 Å². The summed E-state index contributed by atoms with van der Waals surface area (Å²) in [4.78, 5) is 21.9. The summed E-state index contributed by atoms with van der Waals surface area (Å²) < 4.78 is 9.42. The lowest BCUT2D eigenvalue weighted by Crippen LogP contribution is -2.30. The Labute approximate surface area is 102 Å². The SMILES string of the molecule is COC(=O)CCSCc1cc(C(=O)NN)no1. The maximum absolute atomic E-state index is 11.1. The number of aromatic nitrogens is 1. The minimum atomic E-state index is -0.500. The van der Waals surface area contributed by atoms with Crippen LogP contribution in [0.3, 0.4) is 0 Å². The number of ether oxygens (including phenoxy) is 1. The lowest BCUT2D eigenvalue weighted by Gasteiger charge is -1.97. The summed E-state index contributed by atoms with van der Waals surface area (Å²) in [5, 5.41) is 3.54. The van der Waals surface area contributed by atoms with Crippen molar-refractivity contribution < 1.29 is 18.8 Å². The number of esters is 1. The van der Waals surface area contributed by atoms with Gasteiger partial charge in [0.15, 0.2) is 5.69 Å². The second-order valence-corrected chi connectivity index (χ2v) is 4.14. The van der Waals surface area contributed by atoms with Gasteiger partial charge in [0.05, 0.1) is 19.3 Å². The zero-order chi connectivity index (χ0) is 12.7. The maximum atomic E-state index is 11.1. The molecule has 0 aliphatic carbocycles. The molecule has 17 heavy (non-hydrogen) atoms. The third kappa shape index (κ3) is 4.45. The summed E-state index contributed by atoms with van der Waals surface area (Å²) in [5.41, 5.74) is 2.09. The van der Waals surface area contributed by atoms with Gasteiger partial charge in [-0.15, -0.1) is 0 Å². The summed E-state index contributed by atoms with van der Waals surface area (Å²) >= 11 is 1.49. The highest BCUT2D eigenvalue weighted by Crippen LogP contribution is 2.14. The molecule has 0 radical (unpaired) electrons. The van der Waals surface area contributed by atoms with Crippen molar-refractivity contribution in [2.75, 3.05) is 12.9 Å². The van der Waals surface area contributed by atoms with E-state index in [4.69, 9.17) is 10.4 Å². The minimum Gasteiger partial charge on any atom is -0.469 e. The maximum Gasteiger partial charge on any atom is 0.306 e. The molecule has 0 atom stereocenters.